The minimum Gasteiger partial charge on any atom is -0.193 e. The smallest absolute Gasteiger partial charge is 0.168 e. The van der Waals surface area contributed by atoms with Gasteiger partial charge in [-0.05, 0) is 6.42 Å². The maximum atomic E-state index is 5.90. The van der Waals surface area contributed by atoms with Crippen LogP contribution in [-0.4, -0.2) is 23.8 Å². The number of hydrogen-bond acceptors (Lipinski definition) is 1. The van der Waals surface area contributed by atoms with Crippen molar-refractivity contribution in [3.8, 4) is 0 Å². The predicted octanol–water partition coefficient (Wildman–Crippen LogP) is 2.11. The zero-order valence-electron chi connectivity index (χ0n) is 8.36. The van der Waals surface area contributed by atoms with Gasteiger partial charge in [0.2, 0.25) is 0 Å². The summed E-state index contributed by atoms with van der Waals surface area (Å²) in [5.41, 5.74) is 1.40. The van der Waals surface area contributed by atoms with Crippen LogP contribution < -0.4 is 0 Å². The van der Waals surface area contributed by atoms with Crippen LogP contribution in [0.25, 0.3) is 0 Å². The standard InChI is InChI=1S/C12H16NO/c1-2-5-11(6-3-1)9-13-8-4-7-12(10-13)14-13/h1-3,5-6,12H,4,7-10H2/q+1/t12-,13?/m0/s1. The fourth-order valence-corrected chi connectivity index (χ4v) is 2.67. The van der Waals surface area contributed by atoms with Gasteiger partial charge in [0.05, 0.1) is 0 Å². The Labute approximate surface area is 84.6 Å². The summed E-state index contributed by atoms with van der Waals surface area (Å²) in [7, 11) is 0. The molecule has 74 valence electrons. The fraction of sp³-hybridized carbons (Fsp3) is 0.500. The van der Waals surface area contributed by atoms with Crippen LogP contribution in [0.4, 0.5) is 0 Å². The first-order valence-corrected chi connectivity index (χ1v) is 5.45. The molecule has 0 spiro atoms. The van der Waals surface area contributed by atoms with Crippen molar-refractivity contribution >= 4 is 0 Å². The molecule has 0 aliphatic carbocycles. The molecular formula is C12H16NO+. The molecule has 2 bridgehead atoms. The van der Waals surface area contributed by atoms with Crippen molar-refractivity contribution in [2.24, 2.45) is 0 Å². The second-order valence-electron chi connectivity index (χ2n) is 4.48. The zero-order valence-corrected chi connectivity index (χ0v) is 8.36. The van der Waals surface area contributed by atoms with Crippen molar-refractivity contribution < 1.29 is 9.48 Å². The summed E-state index contributed by atoms with van der Waals surface area (Å²) in [4.78, 5) is 5.90. The second kappa shape index (κ2) is 3.07. The van der Waals surface area contributed by atoms with Crippen LogP contribution in [0, 0.1) is 0 Å². The van der Waals surface area contributed by atoms with Crippen molar-refractivity contribution in [2.45, 2.75) is 25.5 Å². The van der Waals surface area contributed by atoms with E-state index in [1.807, 2.05) is 0 Å². The number of hydrogen-bond donors (Lipinski definition) is 0. The molecule has 2 atom stereocenters. The van der Waals surface area contributed by atoms with Gasteiger partial charge in [0.25, 0.3) is 0 Å². The third-order valence-electron chi connectivity index (χ3n) is 3.31. The number of quaternary nitrogens is 1. The van der Waals surface area contributed by atoms with E-state index in [1.165, 1.54) is 31.5 Å². The summed E-state index contributed by atoms with van der Waals surface area (Å²) in [5, 5.41) is 0. The molecule has 0 amide bonds. The van der Waals surface area contributed by atoms with Gasteiger partial charge < -0.3 is 0 Å². The minimum atomic E-state index is 0.562. The van der Waals surface area contributed by atoms with Crippen molar-refractivity contribution in [3.63, 3.8) is 0 Å². The van der Waals surface area contributed by atoms with Crippen molar-refractivity contribution in [2.75, 3.05) is 13.1 Å². The largest absolute Gasteiger partial charge is 0.193 e. The van der Waals surface area contributed by atoms with Crippen LogP contribution in [0.1, 0.15) is 18.4 Å². The number of rotatable bonds is 2. The van der Waals surface area contributed by atoms with Crippen LogP contribution in [0.3, 0.4) is 0 Å². The highest BCUT2D eigenvalue weighted by atomic mass is 16.8. The van der Waals surface area contributed by atoms with Gasteiger partial charge >= 0.3 is 0 Å². The first-order chi connectivity index (χ1) is 6.86. The Bertz CT molecular complexity index is 311. The monoisotopic (exact) mass is 190 g/mol. The van der Waals surface area contributed by atoms with E-state index in [2.05, 4.69) is 30.3 Å². The molecule has 2 heteroatoms. The lowest BCUT2D eigenvalue weighted by Gasteiger charge is -2.51. The lowest BCUT2D eigenvalue weighted by atomic mass is 10.0. The first kappa shape index (κ1) is 8.45. The molecule has 3 fully saturated rings. The molecule has 3 saturated heterocycles. The highest BCUT2D eigenvalue weighted by Crippen LogP contribution is 2.35. The molecule has 0 aromatic heterocycles. The third-order valence-corrected chi connectivity index (χ3v) is 3.31. The number of fused-ring (bicyclic) bond motifs is 2. The van der Waals surface area contributed by atoms with Crippen molar-refractivity contribution in [3.05, 3.63) is 35.9 Å². The lowest BCUT2D eigenvalue weighted by molar-refractivity contribution is -1.18. The fourth-order valence-electron chi connectivity index (χ4n) is 2.67. The second-order valence-corrected chi connectivity index (χ2v) is 4.48. The van der Waals surface area contributed by atoms with E-state index in [-0.39, 0.29) is 0 Å². The van der Waals surface area contributed by atoms with Crippen LogP contribution >= 0.6 is 0 Å². The van der Waals surface area contributed by atoms with E-state index >= 15 is 0 Å². The first-order valence-electron chi connectivity index (χ1n) is 5.45. The van der Waals surface area contributed by atoms with E-state index in [1.54, 1.807) is 0 Å². The Kier molecular flexibility index (Phi) is 1.85. The van der Waals surface area contributed by atoms with Crippen molar-refractivity contribution in [1.82, 2.24) is 0 Å². The van der Waals surface area contributed by atoms with Gasteiger partial charge in [0.1, 0.15) is 19.6 Å². The lowest BCUT2D eigenvalue weighted by Crippen LogP contribution is -2.67. The highest BCUT2D eigenvalue weighted by molar-refractivity contribution is 5.13. The van der Waals surface area contributed by atoms with E-state index in [9.17, 15) is 0 Å². The molecule has 2 nitrogen and oxygen atoms in total. The predicted molar refractivity (Wildman–Crippen MR) is 54.2 cm³/mol. The Balaban J connectivity index is 1.73. The number of piperidine rings is 1. The molecular weight excluding hydrogens is 174 g/mol. The summed E-state index contributed by atoms with van der Waals surface area (Å²) in [5.74, 6) is 0. The Morgan fingerprint density at radius 3 is 2.71 bits per heavy atom. The molecule has 3 aliphatic rings. The number of nitrogens with zero attached hydrogens (tertiary/aromatic N) is 1. The van der Waals surface area contributed by atoms with Crippen molar-refractivity contribution in [1.29, 1.82) is 0 Å². The third kappa shape index (κ3) is 1.35. The van der Waals surface area contributed by atoms with Gasteiger partial charge in [0.15, 0.2) is 6.10 Å². The summed E-state index contributed by atoms with van der Waals surface area (Å²) >= 11 is 0. The van der Waals surface area contributed by atoms with Gasteiger partial charge in [0, 0.05) is 12.0 Å². The summed E-state index contributed by atoms with van der Waals surface area (Å²) in [6, 6.07) is 10.7. The average molecular weight is 190 g/mol. The molecule has 4 rings (SSSR count). The molecule has 0 radical (unpaired) electrons. The van der Waals surface area contributed by atoms with E-state index in [4.69, 9.17) is 4.84 Å². The van der Waals surface area contributed by atoms with E-state index in [0.717, 1.165) is 11.2 Å². The molecule has 3 heterocycles. The van der Waals surface area contributed by atoms with Crippen LogP contribution in [-0.2, 0) is 11.4 Å². The van der Waals surface area contributed by atoms with Gasteiger partial charge in [-0.15, -0.1) is 0 Å². The molecule has 1 unspecified atom stereocenters. The maximum absolute atomic E-state index is 5.90. The topological polar surface area (TPSA) is 9.23 Å². The Morgan fingerprint density at radius 2 is 2.07 bits per heavy atom. The minimum absolute atomic E-state index is 0.562. The van der Waals surface area contributed by atoms with Crippen LogP contribution in [0.2, 0.25) is 0 Å². The zero-order chi connectivity index (χ0) is 9.43. The van der Waals surface area contributed by atoms with Gasteiger partial charge in [-0.2, -0.15) is 9.48 Å². The summed E-state index contributed by atoms with van der Waals surface area (Å²) in [6.45, 7) is 3.48. The molecule has 1 aromatic carbocycles. The summed E-state index contributed by atoms with van der Waals surface area (Å²) < 4.78 is 0.884. The molecule has 0 saturated carbocycles. The highest BCUT2D eigenvalue weighted by Gasteiger charge is 2.50. The SMILES string of the molecule is c1ccc(C[N+]23CCC[C@@H](C2)O3)cc1. The quantitative estimate of drug-likeness (QED) is 0.649. The molecule has 14 heavy (non-hydrogen) atoms. The number of hydroxylamine groups is 3. The molecule has 0 N–H and O–H groups in total. The molecule has 3 aliphatic heterocycles. The van der Waals surface area contributed by atoms with Gasteiger partial charge in [-0.3, -0.25) is 0 Å². The normalized spacial score (nSPS) is 35.0. The average Bonchev–Trinajstić information content (AvgIpc) is 2.18. The van der Waals surface area contributed by atoms with E-state index in [0.29, 0.717) is 6.10 Å². The van der Waals surface area contributed by atoms with Crippen LogP contribution in [0.15, 0.2) is 30.3 Å². The number of benzene rings is 1. The van der Waals surface area contributed by atoms with Crippen LogP contribution in [0.5, 0.6) is 0 Å². The summed E-state index contributed by atoms with van der Waals surface area (Å²) in [6.07, 6.45) is 3.17. The Hall–Kier alpha value is -0.860. The Morgan fingerprint density at radius 1 is 1.29 bits per heavy atom. The molecule has 1 aromatic rings. The van der Waals surface area contributed by atoms with Gasteiger partial charge in [-0.1, -0.05) is 30.3 Å². The van der Waals surface area contributed by atoms with E-state index < -0.39 is 0 Å². The maximum Gasteiger partial charge on any atom is 0.168 e. The van der Waals surface area contributed by atoms with Gasteiger partial charge in [-0.25, -0.2) is 0 Å².